The van der Waals surface area contributed by atoms with E-state index in [9.17, 15) is 4.79 Å². The molecular weight excluding hydrogens is 232 g/mol. The van der Waals surface area contributed by atoms with Crippen molar-refractivity contribution in [1.82, 2.24) is 15.1 Å². The van der Waals surface area contributed by atoms with Gasteiger partial charge in [0.15, 0.2) is 5.82 Å². The predicted molar refractivity (Wildman–Crippen MR) is 68.3 cm³/mol. The maximum Gasteiger partial charge on any atom is 0.259 e. The number of hydrogen-bond acceptors (Lipinski definition) is 4. The van der Waals surface area contributed by atoms with E-state index in [2.05, 4.69) is 10.2 Å². The fourth-order valence-corrected chi connectivity index (χ4v) is 2.42. The number of amides is 1. The zero-order valence-corrected chi connectivity index (χ0v) is 11.1. The van der Waals surface area contributed by atoms with Crippen molar-refractivity contribution in [3.63, 3.8) is 0 Å². The lowest BCUT2D eigenvalue weighted by atomic mass is 9.94. The highest BCUT2D eigenvalue weighted by atomic mass is 16.5. The first-order valence-corrected chi connectivity index (χ1v) is 6.12. The van der Waals surface area contributed by atoms with Crippen LogP contribution in [0.3, 0.4) is 0 Å². The highest BCUT2D eigenvalue weighted by Gasteiger charge is 2.34. The molecule has 1 unspecified atom stereocenters. The summed E-state index contributed by atoms with van der Waals surface area (Å²) in [5, 5.41) is 6.60. The second-order valence-electron chi connectivity index (χ2n) is 5.09. The van der Waals surface area contributed by atoms with Crippen LogP contribution in [0.1, 0.15) is 35.8 Å². The molecule has 0 saturated carbocycles. The number of aryl methyl sites for hydroxylation is 1. The van der Waals surface area contributed by atoms with Crippen LogP contribution in [0.15, 0.2) is 0 Å². The summed E-state index contributed by atoms with van der Waals surface area (Å²) in [6.07, 6.45) is 1.90. The van der Waals surface area contributed by atoms with Gasteiger partial charge >= 0.3 is 0 Å². The van der Waals surface area contributed by atoms with Crippen LogP contribution < -0.4 is 5.73 Å². The molecule has 0 aliphatic carbocycles. The van der Waals surface area contributed by atoms with E-state index in [0.29, 0.717) is 17.8 Å². The Bertz CT molecular complexity index is 437. The maximum atomic E-state index is 12.4. The average Bonchev–Trinajstić information content (AvgIpc) is 2.68. The van der Waals surface area contributed by atoms with Gasteiger partial charge in [0.1, 0.15) is 5.56 Å². The van der Waals surface area contributed by atoms with Gasteiger partial charge in [0.05, 0.1) is 5.60 Å². The van der Waals surface area contributed by atoms with E-state index >= 15 is 0 Å². The topological polar surface area (TPSA) is 84.2 Å². The number of likely N-dealkylation sites (tertiary alicyclic amines) is 1. The molecule has 1 saturated heterocycles. The van der Waals surface area contributed by atoms with Crippen LogP contribution in [0.5, 0.6) is 0 Å². The second kappa shape index (κ2) is 4.61. The van der Waals surface area contributed by atoms with Crippen molar-refractivity contribution in [1.29, 1.82) is 0 Å². The fourth-order valence-electron chi connectivity index (χ4n) is 2.42. The third-order valence-electron chi connectivity index (χ3n) is 3.63. The monoisotopic (exact) mass is 252 g/mol. The van der Waals surface area contributed by atoms with Gasteiger partial charge in [-0.2, -0.15) is 5.10 Å². The number of methoxy groups -OCH3 is 1. The van der Waals surface area contributed by atoms with Crippen molar-refractivity contribution in [2.75, 3.05) is 25.9 Å². The number of aromatic nitrogens is 2. The smallest absolute Gasteiger partial charge is 0.259 e. The van der Waals surface area contributed by atoms with Crippen molar-refractivity contribution in [2.45, 2.75) is 32.3 Å². The minimum atomic E-state index is -0.264. The van der Waals surface area contributed by atoms with Gasteiger partial charge in [-0.1, -0.05) is 0 Å². The number of nitrogens with two attached hydrogens (primary N) is 1. The standard InChI is InChI=1S/C12H20N4O2/c1-8-9(10(13)15-14-8)11(17)16-6-4-5-12(2,7-16)18-3/h4-7H2,1-3H3,(H3,13,14,15). The van der Waals surface area contributed by atoms with Crippen molar-refractivity contribution in [3.8, 4) is 0 Å². The summed E-state index contributed by atoms with van der Waals surface area (Å²) in [6.45, 7) is 5.16. The number of anilines is 1. The Morgan fingerprint density at radius 2 is 2.33 bits per heavy atom. The van der Waals surface area contributed by atoms with Gasteiger partial charge in [-0.15, -0.1) is 0 Å². The second-order valence-corrected chi connectivity index (χ2v) is 5.09. The minimum Gasteiger partial charge on any atom is -0.382 e. The van der Waals surface area contributed by atoms with Gasteiger partial charge in [0.25, 0.3) is 5.91 Å². The highest BCUT2D eigenvalue weighted by Crippen LogP contribution is 2.26. The molecule has 1 amide bonds. The molecule has 1 fully saturated rings. The lowest BCUT2D eigenvalue weighted by Gasteiger charge is -2.39. The quantitative estimate of drug-likeness (QED) is 0.820. The third-order valence-corrected chi connectivity index (χ3v) is 3.63. The molecule has 1 aliphatic rings. The molecule has 100 valence electrons. The molecule has 1 atom stereocenters. The summed E-state index contributed by atoms with van der Waals surface area (Å²) < 4.78 is 5.49. The first-order valence-electron chi connectivity index (χ1n) is 6.12. The first-order chi connectivity index (χ1) is 8.47. The number of H-pyrrole nitrogens is 1. The number of carbonyl (C=O) groups is 1. The van der Waals surface area contributed by atoms with Crippen molar-refractivity contribution in [3.05, 3.63) is 11.3 Å². The van der Waals surface area contributed by atoms with Crippen molar-refractivity contribution in [2.24, 2.45) is 0 Å². The summed E-state index contributed by atoms with van der Waals surface area (Å²) in [5.41, 5.74) is 6.66. The van der Waals surface area contributed by atoms with E-state index in [1.54, 1.807) is 18.9 Å². The normalized spacial score (nSPS) is 24.3. The number of nitrogens with one attached hydrogen (secondary N) is 1. The fraction of sp³-hybridized carbons (Fsp3) is 0.667. The number of piperidine rings is 1. The Kier molecular flexibility index (Phi) is 3.30. The summed E-state index contributed by atoms with van der Waals surface area (Å²) in [5.74, 6) is 0.198. The maximum absolute atomic E-state index is 12.4. The number of nitrogens with zero attached hydrogens (tertiary/aromatic N) is 2. The molecule has 0 bridgehead atoms. The summed E-state index contributed by atoms with van der Waals surface area (Å²) in [7, 11) is 1.69. The summed E-state index contributed by atoms with van der Waals surface area (Å²) in [4.78, 5) is 14.2. The average molecular weight is 252 g/mol. The van der Waals surface area contributed by atoms with Crippen molar-refractivity contribution < 1.29 is 9.53 Å². The molecule has 1 aromatic heterocycles. The number of nitrogen functional groups attached to an aromatic ring is 1. The number of hydrogen-bond donors (Lipinski definition) is 2. The zero-order valence-electron chi connectivity index (χ0n) is 11.1. The molecule has 0 spiro atoms. The van der Waals surface area contributed by atoms with Gasteiger partial charge in [-0.3, -0.25) is 9.89 Å². The Balaban J connectivity index is 2.19. The first kappa shape index (κ1) is 12.9. The van der Waals surface area contributed by atoms with Gasteiger partial charge in [-0.25, -0.2) is 0 Å². The molecule has 6 heteroatoms. The van der Waals surface area contributed by atoms with Crippen LogP contribution in [-0.2, 0) is 4.74 Å². The van der Waals surface area contributed by atoms with E-state index < -0.39 is 0 Å². The van der Waals surface area contributed by atoms with Crippen LogP contribution in [0, 0.1) is 6.92 Å². The number of rotatable bonds is 2. The molecule has 1 aliphatic heterocycles. The molecule has 2 rings (SSSR count). The lowest BCUT2D eigenvalue weighted by Crippen LogP contribution is -2.49. The molecular formula is C12H20N4O2. The largest absolute Gasteiger partial charge is 0.382 e. The van der Waals surface area contributed by atoms with Crippen LogP contribution in [0.4, 0.5) is 5.82 Å². The predicted octanol–water partition coefficient (Wildman–Crippen LogP) is 0.941. The van der Waals surface area contributed by atoms with E-state index in [0.717, 1.165) is 19.4 Å². The van der Waals surface area contributed by atoms with E-state index in [4.69, 9.17) is 10.5 Å². The SMILES string of the molecule is COC1(C)CCCN(C(=O)c2c(N)n[nH]c2C)C1. The van der Waals surface area contributed by atoms with Crippen LogP contribution >= 0.6 is 0 Å². The van der Waals surface area contributed by atoms with Gasteiger partial charge in [0, 0.05) is 25.9 Å². The van der Waals surface area contributed by atoms with Gasteiger partial charge in [0.2, 0.25) is 0 Å². The number of carbonyl (C=O) groups excluding carboxylic acids is 1. The molecule has 1 aromatic rings. The molecule has 2 heterocycles. The molecule has 0 radical (unpaired) electrons. The number of aromatic amines is 1. The molecule has 6 nitrogen and oxygen atoms in total. The van der Waals surface area contributed by atoms with Crippen LogP contribution in [0.2, 0.25) is 0 Å². The number of ether oxygens (including phenoxy) is 1. The van der Waals surface area contributed by atoms with Gasteiger partial charge in [-0.05, 0) is 26.7 Å². The highest BCUT2D eigenvalue weighted by molar-refractivity contribution is 5.99. The Morgan fingerprint density at radius 3 is 2.89 bits per heavy atom. The van der Waals surface area contributed by atoms with E-state index in [1.165, 1.54) is 0 Å². The molecule has 18 heavy (non-hydrogen) atoms. The van der Waals surface area contributed by atoms with Gasteiger partial charge < -0.3 is 15.4 Å². The zero-order chi connectivity index (χ0) is 13.3. The molecule has 0 aromatic carbocycles. The Hall–Kier alpha value is -1.56. The van der Waals surface area contributed by atoms with Crippen LogP contribution in [0.25, 0.3) is 0 Å². The Labute approximate surface area is 106 Å². The minimum absolute atomic E-state index is 0.0678. The summed E-state index contributed by atoms with van der Waals surface area (Å²) >= 11 is 0. The lowest BCUT2D eigenvalue weighted by molar-refractivity contribution is -0.0440. The third kappa shape index (κ3) is 2.20. The van der Waals surface area contributed by atoms with E-state index in [1.807, 2.05) is 6.92 Å². The van der Waals surface area contributed by atoms with Crippen LogP contribution in [-0.4, -0.2) is 46.8 Å². The Morgan fingerprint density at radius 1 is 1.61 bits per heavy atom. The molecule has 3 N–H and O–H groups in total. The van der Waals surface area contributed by atoms with E-state index in [-0.39, 0.29) is 17.3 Å². The van der Waals surface area contributed by atoms with Crippen molar-refractivity contribution >= 4 is 11.7 Å². The summed E-state index contributed by atoms with van der Waals surface area (Å²) in [6, 6.07) is 0.